The highest BCUT2D eigenvalue weighted by Gasteiger charge is 2.38. The summed E-state index contributed by atoms with van der Waals surface area (Å²) in [6.45, 7) is 8.08. The van der Waals surface area contributed by atoms with Gasteiger partial charge in [-0.1, -0.05) is 0 Å². The maximum Gasteiger partial charge on any atom is 0.416 e. The zero-order chi connectivity index (χ0) is 15.1. The van der Waals surface area contributed by atoms with E-state index in [0.29, 0.717) is 0 Å². The number of alkyl halides is 3. The second-order valence-corrected chi connectivity index (χ2v) is 6.05. The Hall–Kier alpha value is -1.30. The molecule has 0 saturated heterocycles. The van der Waals surface area contributed by atoms with E-state index in [-0.39, 0.29) is 11.4 Å². The highest BCUT2D eigenvalue weighted by atomic mass is 19.4. The molecule has 0 atom stereocenters. The molecule has 0 bridgehead atoms. The lowest BCUT2D eigenvalue weighted by Gasteiger charge is -2.25. The molecule has 0 spiro atoms. The van der Waals surface area contributed by atoms with Gasteiger partial charge in [-0.2, -0.15) is 13.2 Å². The molecule has 19 heavy (non-hydrogen) atoms. The number of hydrogen-bond acceptors (Lipinski definition) is 3. The minimum absolute atomic E-state index is 0.132. The predicted molar refractivity (Wildman–Crippen MR) is 67.9 cm³/mol. The van der Waals surface area contributed by atoms with Crippen LogP contribution in [0.2, 0.25) is 0 Å². The van der Waals surface area contributed by atoms with Gasteiger partial charge in [0.15, 0.2) is 0 Å². The molecule has 0 unspecified atom stereocenters. The third-order valence-electron chi connectivity index (χ3n) is 2.37. The molecule has 0 aromatic carbocycles. The molecule has 0 aliphatic carbocycles. The first-order valence-corrected chi connectivity index (χ1v) is 5.89. The van der Waals surface area contributed by atoms with Gasteiger partial charge in [-0.25, -0.2) is 4.98 Å². The van der Waals surface area contributed by atoms with Crippen molar-refractivity contribution in [2.24, 2.45) is 0 Å². The first kappa shape index (κ1) is 15.8. The molecule has 3 nitrogen and oxygen atoms in total. The second-order valence-electron chi connectivity index (χ2n) is 6.05. The highest BCUT2D eigenvalue weighted by Crippen LogP contribution is 2.37. The number of anilines is 1. The Morgan fingerprint density at radius 3 is 1.95 bits per heavy atom. The van der Waals surface area contributed by atoms with E-state index in [1.807, 2.05) is 20.8 Å². The van der Waals surface area contributed by atoms with Crippen LogP contribution in [0.3, 0.4) is 0 Å². The predicted octanol–water partition coefficient (Wildman–Crippen LogP) is 3.54. The zero-order valence-electron chi connectivity index (χ0n) is 11.7. The molecule has 1 heterocycles. The maximum absolute atomic E-state index is 13.0. The average molecular weight is 276 g/mol. The third kappa shape index (κ3) is 4.38. The van der Waals surface area contributed by atoms with Crippen LogP contribution in [0.25, 0.3) is 0 Å². The number of pyridine rings is 1. The molecule has 1 rings (SSSR count). The molecule has 108 valence electrons. The summed E-state index contributed by atoms with van der Waals surface area (Å²) in [5.74, 6) is 0.132. The fourth-order valence-corrected chi connectivity index (χ4v) is 1.63. The monoisotopic (exact) mass is 276 g/mol. The van der Waals surface area contributed by atoms with Gasteiger partial charge in [0.2, 0.25) is 0 Å². The van der Waals surface area contributed by atoms with E-state index >= 15 is 0 Å². The Bertz CT molecular complexity index is 456. The van der Waals surface area contributed by atoms with Crippen LogP contribution in [0.4, 0.5) is 19.0 Å². The van der Waals surface area contributed by atoms with Gasteiger partial charge >= 0.3 is 6.18 Å². The van der Waals surface area contributed by atoms with Crippen LogP contribution in [0.5, 0.6) is 0 Å². The van der Waals surface area contributed by atoms with Crippen molar-refractivity contribution in [1.82, 2.24) is 4.98 Å². The van der Waals surface area contributed by atoms with Crippen molar-refractivity contribution in [3.05, 3.63) is 23.4 Å². The lowest BCUT2D eigenvalue weighted by molar-refractivity contribution is -0.140. The van der Waals surface area contributed by atoms with Crippen LogP contribution < -0.4 is 5.32 Å². The van der Waals surface area contributed by atoms with Crippen molar-refractivity contribution in [3.63, 3.8) is 0 Å². The largest absolute Gasteiger partial charge is 0.416 e. The van der Waals surface area contributed by atoms with E-state index in [1.165, 1.54) is 13.8 Å². The summed E-state index contributed by atoms with van der Waals surface area (Å²) in [5.41, 5.74) is -3.11. The van der Waals surface area contributed by atoms with E-state index in [2.05, 4.69) is 10.3 Å². The Morgan fingerprint density at radius 1 is 1.05 bits per heavy atom. The Labute approximate surface area is 110 Å². The van der Waals surface area contributed by atoms with Crippen molar-refractivity contribution in [2.75, 3.05) is 5.32 Å². The topological polar surface area (TPSA) is 45.1 Å². The molecular formula is C13H19F3N2O. The van der Waals surface area contributed by atoms with Crippen LogP contribution in [-0.4, -0.2) is 15.6 Å². The van der Waals surface area contributed by atoms with Gasteiger partial charge < -0.3 is 10.4 Å². The summed E-state index contributed by atoms with van der Waals surface area (Å²) < 4.78 is 39.1. The van der Waals surface area contributed by atoms with Crippen LogP contribution in [0, 0.1) is 0 Å². The summed E-state index contributed by atoms with van der Waals surface area (Å²) in [4.78, 5) is 3.93. The molecule has 2 N–H and O–H groups in total. The van der Waals surface area contributed by atoms with E-state index in [4.69, 9.17) is 0 Å². The lowest BCUT2D eigenvalue weighted by atomic mass is 9.94. The van der Waals surface area contributed by atoms with E-state index in [0.717, 1.165) is 12.3 Å². The Kier molecular flexibility index (Phi) is 3.87. The van der Waals surface area contributed by atoms with Gasteiger partial charge in [0.1, 0.15) is 5.82 Å². The van der Waals surface area contributed by atoms with Crippen molar-refractivity contribution >= 4 is 5.82 Å². The average Bonchev–Trinajstić information content (AvgIpc) is 2.11. The number of rotatable bonds is 2. The molecule has 6 heteroatoms. The quantitative estimate of drug-likeness (QED) is 0.868. The maximum atomic E-state index is 13.0. The molecule has 0 aliphatic heterocycles. The fourth-order valence-electron chi connectivity index (χ4n) is 1.63. The normalized spacial score (nSPS) is 13.5. The molecule has 0 radical (unpaired) electrons. The highest BCUT2D eigenvalue weighted by molar-refractivity contribution is 5.45. The minimum atomic E-state index is -4.54. The zero-order valence-corrected chi connectivity index (χ0v) is 11.7. The first-order valence-electron chi connectivity index (χ1n) is 5.89. The molecule has 0 saturated carbocycles. The van der Waals surface area contributed by atoms with Crippen molar-refractivity contribution < 1.29 is 18.3 Å². The SMILES string of the molecule is CC(C)(C)Nc1cc(C(F)(F)F)c(C(C)(C)O)cn1. The van der Waals surface area contributed by atoms with Gasteiger partial charge in [0, 0.05) is 17.3 Å². The van der Waals surface area contributed by atoms with Gasteiger partial charge in [-0.3, -0.25) is 0 Å². The number of nitrogens with one attached hydrogen (secondary N) is 1. The van der Waals surface area contributed by atoms with Gasteiger partial charge in [0.25, 0.3) is 0 Å². The van der Waals surface area contributed by atoms with Crippen LogP contribution >= 0.6 is 0 Å². The number of nitrogens with zero attached hydrogens (tertiary/aromatic N) is 1. The molecule has 0 fully saturated rings. The smallest absolute Gasteiger partial charge is 0.386 e. The van der Waals surface area contributed by atoms with Crippen molar-refractivity contribution in [2.45, 2.75) is 51.9 Å². The van der Waals surface area contributed by atoms with Crippen LogP contribution in [-0.2, 0) is 11.8 Å². The van der Waals surface area contributed by atoms with E-state index < -0.39 is 22.9 Å². The third-order valence-corrected chi connectivity index (χ3v) is 2.37. The van der Waals surface area contributed by atoms with Crippen molar-refractivity contribution in [1.29, 1.82) is 0 Å². The Balaban J connectivity index is 3.33. The molecule has 0 aliphatic rings. The summed E-state index contributed by atoms with van der Waals surface area (Å²) >= 11 is 0. The first-order chi connectivity index (χ1) is 8.31. The molecule has 1 aromatic heterocycles. The molecular weight excluding hydrogens is 257 g/mol. The summed E-state index contributed by atoms with van der Waals surface area (Å²) in [6, 6.07) is 0.929. The lowest BCUT2D eigenvalue weighted by Crippen LogP contribution is -2.28. The van der Waals surface area contributed by atoms with E-state index in [9.17, 15) is 18.3 Å². The minimum Gasteiger partial charge on any atom is -0.386 e. The van der Waals surface area contributed by atoms with Crippen LogP contribution in [0.15, 0.2) is 12.3 Å². The van der Waals surface area contributed by atoms with Crippen molar-refractivity contribution in [3.8, 4) is 0 Å². The van der Waals surface area contributed by atoms with Gasteiger partial charge in [-0.15, -0.1) is 0 Å². The fraction of sp³-hybridized carbons (Fsp3) is 0.615. The van der Waals surface area contributed by atoms with E-state index in [1.54, 1.807) is 0 Å². The Morgan fingerprint density at radius 2 is 1.58 bits per heavy atom. The van der Waals surface area contributed by atoms with Gasteiger partial charge in [0.05, 0.1) is 11.2 Å². The number of aromatic nitrogens is 1. The summed E-state index contributed by atoms with van der Waals surface area (Å²) in [5, 5.41) is 12.7. The number of hydrogen-bond donors (Lipinski definition) is 2. The molecule has 1 aromatic rings. The summed E-state index contributed by atoms with van der Waals surface area (Å²) in [7, 11) is 0. The van der Waals surface area contributed by atoms with Crippen LogP contribution in [0.1, 0.15) is 45.7 Å². The summed E-state index contributed by atoms with van der Waals surface area (Å²) in [6.07, 6.45) is -3.47. The second kappa shape index (κ2) is 4.67. The number of aliphatic hydroxyl groups is 1. The van der Waals surface area contributed by atoms with Gasteiger partial charge in [-0.05, 0) is 40.7 Å². The molecule has 0 amide bonds. The number of halogens is 3. The standard InChI is InChI=1S/C13H19F3N2O/c1-11(2,3)18-10-6-8(13(14,15)16)9(7-17-10)12(4,5)19/h6-7,19H,1-5H3,(H,17,18).